The summed E-state index contributed by atoms with van der Waals surface area (Å²) in [5.74, 6) is 1.07. The largest absolute Gasteiger partial charge is 0.504 e. The number of carbonyl (C=O) groups excluding carboxylic acids is 1. The SMILES string of the molecule is CCOc1cc(C2SC(C)C(=O)Nc3n[nH]c(C)c32)ccc1O. The molecule has 3 N–H and O–H groups in total. The summed E-state index contributed by atoms with van der Waals surface area (Å²) in [5.41, 5.74) is 2.84. The molecule has 0 saturated heterocycles. The first kappa shape index (κ1) is 15.7. The standard InChI is InChI=1S/C16H19N3O3S/c1-4-22-12-7-10(5-6-11(12)20)14-13-8(2)18-19-15(13)17-16(21)9(3)23-14/h5-7,9,14,20H,4H2,1-3H3,(H2,17,18,19,21). The third-order valence-corrected chi connectivity index (χ3v) is 5.20. The smallest absolute Gasteiger partial charge is 0.238 e. The lowest BCUT2D eigenvalue weighted by molar-refractivity contribution is -0.115. The number of nitrogens with one attached hydrogen (secondary N) is 2. The van der Waals surface area contributed by atoms with E-state index in [0.29, 0.717) is 18.2 Å². The number of fused-ring (bicyclic) bond motifs is 1. The molecule has 3 rings (SSSR count). The Kier molecular flexibility index (Phi) is 4.21. The van der Waals surface area contributed by atoms with E-state index in [-0.39, 0.29) is 22.2 Å². The number of rotatable bonds is 3. The van der Waals surface area contributed by atoms with Gasteiger partial charge in [0.15, 0.2) is 17.3 Å². The minimum atomic E-state index is -0.210. The van der Waals surface area contributed by atoms with E-state index in [1.165, 1.54) is 0 Å². The van der Waals surface area contributed by atoms with Crippen molar-refractivity contribution in [2.45, 2.75) is 31.3 Å². The molecule has 2 aromatic rings. The molecule has 2 unspecified atom stereocenters. The summed E-state index contributed by atoms with van der Waals surface area (Å²) in [7, 11) is 0. The van der Waals surface area contributed by atoms with Gasteiger partial charge in [-0.25, -0.2) is 0 Å². The van der Waals surface area contributed by atoms with Gasteiger partial charge in [-0.1, -0.05) is 6.07 Å². The van der Waals surface area contributed by atoms with Crippen molar-refractivity contribution >= 4 is 23.5 Å². The number of aryl methyl sites for hydroxylation is 1. The summed E-state index contributed by atoms with van der Waals surface area (Å²) in [6.45, 7) is 6.16. The van der Waals surface area contributed by atoms with E-state index in [4.69, 9.17) is 4.74 Å². The first-order chi connectivity index (χ1) is 11.0. The Morgan fingerprint density at radius 3 is 2.96 bits per heavy atom. The molecule has 1 amide bonds. The molecule has 7 heteroatoms. The van der Waals surface area contributed by atoms with Gasteiger partial charge in [0.2, 0.25) is 5.91 Å². The van der Waals surface area contributed by atoms with Gasteiger partial charge in [0.05, 0.1) is 17.1 Å². The number of hydrogen-bond donors (Lipinski definition) is 3. The van der Waals surface area contributed by atoms with Crippen LogP contribution in [0, 0.1) is 6.92 Å². The third-order valence-electron chi connectivity index (χ3n) is 3.79. The minimum Gasteiger partial charge on any atom is -0.504 e. The van der Waals surface area contributed by atoms with Gasteiger partial charge in [-0.05, 0) is 38.5 Å². The predicted octanol–water partition coefficient (Wildman–Crippen LogP) is 2.99. The number of aromatic nitrogens is 2. The lowest BCUT2D eigenvalue weighted by Gasteiger charge is -2.19. The monoisotopic (exact) mass is 333 g/mol. The van der Waals surface area contributed by atoms with Crippen molar-refractivity contribution in [3.05, 3.63) is 35.0 Å². The van der Waals surface area contributed by atoms with Crippen molar-refractivity contribution in [2.75, 3.05) is 11.9 Å². The fraction of sp³-hybridized carbons (Fsp3) is 0.375. The molecule has 2 atom stereocenters. The third kappa shape index (κ3) is 2.88. The quantitative estimate of drug-likeness (QED) is 0.804. The lowest BCUT2D eigenvalue weighted by atomic mass is 10.0. The number of aromatic hydroxyl groups is 1. The average Bonchev–Trinajstić information content (AvgIpc) is 2.81. The zero-order valence-corrected chi connectivity index (χ0v) is 14.0. The summed E-state index contributed by atoms with van der Waals surface area (Å²) in [4.78, 5) is 12.1. The molecule has 1 aromatic heterocycles. The van der Waals surface area contributed by atoms with E-state index in [1.807, 2.05) is 32.9 Å². The van der Waals surface area contributed by atoms with E-state index < -0.39 is 0 Å². The zero-order valence-electron chi connectivity index (χ0n) is 13.2. The van der Waals surface area contributed by atoms with E-state index in [9.17, 15) is 9.90 Å². The zero-order chi connectivity index (χ0) is 16.6. The topological polar surface area (TPSA) is 87.2 Å². The second-order valence-corrected chi connectivity index (χ2v) is 6.87. The van der Waals surface area contributed by atoms with Crippen molar-refractivity contribution in [3.63, 3.8) is 0 Å². The van der Waals surface area contributed by atoms with Gasteiger partial charge in [-0.3, -0.25) is 9.89 Å². The first-order valence-electron chi connectivity index (χ1n) is 7.48. The van der Waals surface area contributed by atoms with E-state index >= 15 is 0 Å². The number of phenolic OH excluding ortho intramolecular Hbond substituents is 1. The molecule has 0 saturated carbocycles. The van der Waals surface area contributed by atoms with Crippen LogP contribution in [0.4, 0.5) is 5.82 Å². The van der Waals surface area contributed by atoms with Crippen molar-refractivity contribution < 1.29 is 14.6 Å². The minimum absolute atomic E-state index is 0.0611. The summed E-state index contributed by atoms with van der Waals surface area (Å²) >= 11 is 1.55. The number of phenols is 1. The molecule has 122 valence electrons. The molecule has 0 radical (unpaired) electrons. The van der Waals surface area contributed by atoms with Gasteiger partial charge < -0.3 is 15.2 Å². The highest BCUT2D eigenvalue weighted by Gasteiger charge is 2.32. The van der Waals surface area contributed by atoms with E-state index in [1.54, 1.807) is 17.8 Å². The van der Waals surface area contributed by atoms with Gasteiger partial charge >= 0.3 is 0 Å². The fourth-order valence-electron chi connectivity index (χ4n) is 2.62. The molecule has 0 fully saturated rings. The Balaban J connectivity index is 2.09. The van der Waals surface area contributed by atoms with Crippen LogP contribution in [0.2, 0.25) is 0 Å². The van der Waals surface area contributed by atoms with Crippen LogP contribution in [-0.4, -0.2) is 33.1 Å². The molecule has 0 bridgehead atoms. The number of thioether (sulfide) groups is 1. The van der Waals surface area contributed by atoms with Crippen molar-refractivity contribution in [1.29, 1.82) is 0 Å². The van der Waals surface area contributed by atoms with Crippen LogP contribution >= 0.6 is 11.8 Å². The van der Waals surface area contributed by atoms with Crippen LogP contribution in [0.5, 0.6) is 11.5 Å². The lowest BCUT2D eigenvalue weighted by Crippen LogP contribution is -2.21. The Labute approximate surface area is 138 Å². The van der Waals surface area contributed by atoms with Crippen LogP contribution in [-0.2, 0) is 4.79 Å². The number of H-pyrrole nitrogens is 1. The molecule has 1 aromatic carbocycles. The molecular weight excluding hydrogens is 314 g/mol. The van der Waals surface area contributed by atoms with Gasteiger partial charge in [-0.15, -0.1) is 11.8 Å². The Bertz CT molecular complexity index is 744. The van der Waals surface area contributed by atoms with Crippen molar-refractivity contribution in [2.24, 2.45) is 0 Å². The van der Waals surface area contributed by atoms with Crippen LogP contribution in [0.15, 0.2) is 18.2 Å². The highest BCUT2D eigenvalue weighted by atomic mass is 32.2. The highest BCUT2D eigenvalue weighted by molar-refractivity contribution is 8.01. The van der Waals surface area contributed by atoms with Gasteiger partial charge in [0.1, 0.15) is 0 Å². The molecular formula is C16H19N3O3S. The number of amides is 1. The summed E-state index contributed by atoms with van der Waals surface area (Å²) < 4.78 is 5.48. The van der Waals surface area contributed by atoms with Crippen LogP contribution in [0.1, 0.15) is 35.9 Å². The second kappa shape index (κ2) is 6.16. The van der Waals surface area contributed by atoms with Crippen molar-refractivity contribution in [3.8, 4) is 11.5 Å². The highest BCUT2D eigenvalue weighted by Crippen LogP contribution is 2.46. The number of carbonyl (C=O) groups is 1. The number of ether oxygens (including phenoxy) is 1. The summed E-state index contributed by atoms with van der Waals surface area (Å²) in [6.07, 6.45) is 0. The molecule has 6 nitrogen and oxygen atoms in total. The number of hydrogen-bond acceptors (Lipinski definition) is 5. The Morgan fingerprint density at radius 2 is 2.22 bits per heavy atom. The fourth-order valence-corrected chi connectivity index (χ4v) is 3.94. The molecule has 1 aliphatic rings. The molecule has 2 heterocycles. The number of nitrogens with zero attached hydrogens (tertiary/aromatic N) is 1. The summed E-state index contributed by atoms with van der Waals surface area (Å²) in [6, 6.07) is 5.31. The predicted molar refractivity (Wildman–Crippen MR) is 90.1 cm³/mol. The molecule has 0 aliphatic carbocycles. The second-order valence-electron chi connectivity index (χ2n) is 5.42. The van der Waals surface area contributed by atoms with Crippen molar-refractivity contribution in [1.82, 2.24) is 10.2 Å². The Hall–Kier alpha value is -2.15. The maximum atomic E-state index is 12.1. The van der Waals surface area contributed by atoms with Gasteiger partial charge in [0, 0.05) is 11.3 Å². The molecule has 1 aliphatic heterocycles. The number of anilines is 1. The van der Waals surface area contributed by atoms with Crippen LogP contribution < -0.4 is 10.1 Å². The molecule has 23 heavy (non-hydrogen) atoms. The van der Waals surface area contributed by atoms with E-state index in [0.717, 1.165) is 16.8 Å². The normalized spacial score (nSPS) is 20.6. The Morgan fingerprint density at radius 1 is 1.43 bits per heavy atom. The number of aromatic amines is 1. The van der Waals surface area contributed by atoms with Gasteiger partial charge in [-0.2, -0.15) is 5.10 Å². The number of benzene rings is 1. The molecule has 0 spiro atoms. The average molecular weight is 333 g/mol. The van der Waals surface area contributed by atoms with Gasteiger partial charge in [0.25, 0.3) is 0 Å². The summed E-state index contributed by atoms with van der Waals surface area (Å²) in [5, 5.41) is 19.6. The maximum absolute atomic E-state index is 12.1. The van der Waals surface area contributed by atoms with E-state index in [2.05, 4.69) is 15.5 Å². The maximum Gasteiger partial charge on any atom is 0.238 e. The first-order valence-corrected chi connectivity index (χ1v) is 8.42. The van der Waals surface area contributed by atoms with Crippen LogP contribution in [0.3, 0.4) is 0 Å². The van der Waals surface area contributed by atoms with Crippen LogP contribution in [0.25, 0.3) is 0 Å².